The van der Waals surface area contributed by atoms with E-state index < -0.39 is 5.97 Å². The molecule has 5 aromatic carbocycles. The predicted molar refractivity (Wildman–Crippen MR) is 265 cm³/mol. The van der Waals surface area contributed by atoms with Crippen LogP contribution >= 0.6 is 69.6 Å². The Morgan fingerprint density at radius 3 is 1.48 bits per heavy atom. The lowest BCUT2D eigenvalue weighted by Gasteiger charge is -2.34. The van der Waals surface area contributed by atoms with Crippen molar-refractivity contribution in [3.05, 3.63) is 121 Å². The van der Waals surface area contributed by atoms with E-state index in [1.807, 2.05) is 30.3 Å². The molecule has 2 saturated heterocycles. The molecular weight excluding hydrogens is 929 g/mol. The van der Waals surface area contributed by atoms with E-state index in [9.17, 15) is 4.79 Å². The van der Waals surface area contributed by atoms with Crippen LogP contribution in [0.1, 0.15) is 17.3 Å². The van der Waals surface area contributed by atoms with Crippen molar-refractivity contribution < 1.29 is 14.7 Å². The molecule has 19 heteroatoms. The third-order valence-electron chi connectivity index (χ3n) is 10.00. The first-order valence-corrected chi connectivity index (χ1v) is 21.8. The van der Waals surface area contributed by atoms with Gasteiger partial charge in [-0.1, -0.05) is 69.6 Å². The number of hydrogen-bond acceptors (Lipinski definition) is 10. The highest BCUT2D eigenvalue weighted by atomic mass is 35.5. The molecule has 0 unspecified atom stereocenters. The van der Waals surface area contributed by atoms with Gasteiger partial charge < -0.3 is 52.2 Å². The number of halogens is 6. The summed E-state index contributed by atoms with van der Waals surface area (Å²) in [5.74, 6) is -0.247. The number of carbonyl (C=O) groups is 2. The number of rotatable bonds is 5. The molecule has 3 heterocycles. The van der Waals surface area contributed by atoms with Gasteiger partial charge >= 0.3 is 0 Å². The Balaban J connectivity index is 0.000000183. The number of nitrogen functional groups attached to an aromatic ring is 3. The van der Waals surface area contributed by atoms with Gasteiger partial charge in [-0.2, -0.15) is 0 Å². The first-order valence-electron chi connectivity index (χ1n) is 19.6. The molecule has 0 atom stereocenters. The van der Waals surface area contributed by atoms with Gasteiger partial charge in [0.05, 0.1) is 63.9 Å². The zero-order valence-electron chi connectivity index (χ0n) is 34.7. The topological polar surface area (TPSA) is 186 Å². The van der Waals surface area contributed by atoms with E-state index in [0.29, 0.717) is 58.4 Å². The van der Waals surface area contributed by atoms with Crippen LogP contribution in [-0.4, -0.2) is 103 Å². The number of H-pyrrole nitrogens is 1. The van der Waals surface area contributed by atoms with E-state index in [0.717, 1.165) is 87.4 Å². The van der Waals surface area contributed by atoms with Crippen LogP contribution in [0.25, 0.3) is 22.4 Å². The van der Waals surface area contributed by atoms with Crippen LogP contribution in [0, 0.1) is 0 Å². The molecule has 8 rings (SSSR count). The Morgan fingerprint density at radius 2 is 1.00 bits per heavy atom. The van der Waals surface area contributed by atoms with Crippen LogP contribution in [0.15, 0.2) is 84.9 Å². The monoisotopic (exact) mass is 974 g/mol. The van der Waals surface area contributed by atoms with Gasteiger partial charge in [-0.3, -0.25) is 9.59 Å². The van der Waals surface area contributed by atoms with Gasteiger partial charge in [0.1, 0.15) is 5.82 Å². The Morgan fingerprint density at radius 1 is 0.603 bits per heavy atom. The summed E-state index contributed by atoms with van der Waals surface area (Å²) in [6.07, 6.45) is 0. The number of imidazole rings is 1. The molecule has 63 heavy (non-hydrogen) atoms. The maximum Gasteiger partial charge on any atom is 0.300 e. The quantitative estimate of drug-likeness (QED) is 0.0904. The van der Waals surface area contributed by atoms with Crippen molar-refractivity contribution >= 4 is 127 Å². The number of amides is 1. The summed E-state index contributed by atoms with van der Waals surface area (Å²) in [6, 6.07) is 25.8. The van der Waals surface area contributed by atoms with Crippen LogP contribution in [0.5, 0.6) is 0 Å². The lowest BCUT2D eigenvalue weighted by Crippen LogP contribution is -2.44. The minimum absolute atomic E-state index is 0.241. The zero-order valence-corrected chi connectivity index (χ0v) is 39.3. The molecule has 2 aliphatic rings. The summed E-state index contributed by atoms with van der Waals surface area (Å²) in [5.41, 5.74) is 24.2. The second-order valence-corrected chi connectivity index (χ2v) is 17.2. The number of nitrogens with two attached hydrogens (primary N) is 3. The number of fused-ring (bicyclic) bond motifs is 1. The minimum atomic E-state index is -0.833. The first kappa shape index (κ1) is 49.2. The number of carboxylic acid groups (broad SMARTS) is 1. The fraction of sp³-hybridized carbons (Fsp3) is 0.250. The number of aliphatic carboxylic acids is 1. The molecule has 334 valence electrons. The van der Waals surface area contributed by atoms with Crippen molar-refractivity contribution in [3.63, 3.8) is 0 Å². The number of likely N-dealkylation sites (N-methyl/N-ethyl adjacent to an activating group) is 2. The number of carboxylic acids is 1. The van der Waals surface area contributed by atoms with E-state index in [4.69, 9.17) is 96.7 Å². The van der Waals surface area contributed by atoms with Crippen LogP contribution in [0.3, 0.4) is 0 Å². The summed E-state index contributed by atoms with van der Waals surface area (Å²) < 4.78 is 0. The SMILES string of the molecule is CC(=O)O.CN1CCN(c2ccc(-c3nc4cc(Cl)c(Cl)cc4[nH]3)cc2)CC1.CN1CCN(c2ccc(C(=O)Nc3cc(Cl)c(Cl)cc3N)cc2)CC1.Nc1cc(Cl)c(Cl)cc1N. The van der Waals surface area contributed by atoms with Crippen molar-refractivity contribution in [2.45, 2.75) is 6.92 Å². The largest absolute Gasteiger partial charge is 0.481 e. The highest BCUT2D eigenvalue weighted by Crippen LogP contribution is 2.32. The lowest BCUT2D eigenvalue weighted by atomic mass is 10.1. The molecule has 0 bridgehead atoms. The molecule has 6 aromatic rings. The van der Waals surface area contributed by atoms with Crippen LogP contribution < -0.4 is 32.3 Å². The molecule has 2 fully saturated rings. The third kappa shape index (κ3) is 14.1. The molecule has 0 saturated carbocycles. The summed E-state index contributed by atoms with van der Waals surface area (Å²) in [5, 5.41) is 12.8. The number of nitrogens with one attached hydrogen (secondary N) is 2. The summed E-state index contributed by atoms with van der Waals surface area (Å²) >= 11 is 35.3. The number of aromatic amines is 1. The number of anilines is 6. The molecule has 1 amide bonds. The molecule has 9 N–H and O–H groups in total. The van der Waals surface area contributed by atoms with E-state index in [2.05, 4.69) is 73.2 Å². The zero-order chi connectivity index (χ0) is 46.0. The summed E-state index contributed by atoms with van der Waals surface area (Å²) in [4.78, 5) is 38.8. The Kier molecular flexibility index (Phi) is 17.7. The lowest BCUT2D eigenvalue weighted by molar-refractivity contribution is -0.134. The van der Waals surface area contributed by atoms with Gasteiger partial charge in [0.15, 0.2) is 0 Å². The normalized spacial score (nSPS) is 14.1. The molecule has 2 aliphatic heterocycles. The molecule has 0 aliphatic carbocycles. The second kappa shape index (κ2) is 22.7. The van der Waals surface area contributed by atoms with E-state index in [-0.39, 0.29) is 5.91 Å². The Hall–Kier alpha value is -4.83. The maximum atomic E-state index is 12.4. The smallest absolute Gasteiger partial charge is 0.300 e. The van der Waals surface area contributed by atoms with Crippen LogP contribution in [0.2, 0.25) is 30.1 Å². The highest BCUT2D eigenvalue weighted by molar-refractivity contribution is 6.43. The fourth-order valence-corrected chi connectivity index (χ4v) is 7.37. The van der Waals surface area contributed by atoms with E-state index in [1.165, 1.54) is 23.9 Å². The molecule has 0 radical (unpaired) electrons. The van der Waals surface area contributed by atoms with E-state index in [1.54, 1.807) is 12.1 Å². The fourth-order valence-electron chi connectivity index (χ4n) is 6.37. The summed E-state index contributed by atoms with van der Waals surface area (Å²) in [7, 11) is 4.29. The van der Waals surface area contributed by atoms with Gasteiger partial charge in [-0.25, -0.2) is 4.98 Å². The summed E-state index contributed by atoms with van der Waals surface area (Å²) in [6.45, 7) is 9.48. The number of aromatic nitrogens is 2. The van der Waals surface area contributed by atoms with Crippen molar-refractivity contribution in [3.8, 4) is 11.4 Å². The van der Waals surface area contributed by atoms with Crippen molar-refractivity contribution in [2.24, 2.45) is 0 Å². The van der Waals surface area contributed by atoms with Gasteiger partial charge in [-0.05, 0) is 99.0 Å². The predicted octanol–water partition coefficient (Wildman–Crippen LogP) is 10.1. The number of piperazine rings is 2. The maximum absolute atomic E-state index is 12.4. The van der Waals surface area contributed by atoms with Crippen molar-refractivity contribution in [1.29, 1.82) is 0 Å². The molecular formula is C44H48Cl6N10O3. The van der Waals surface area contributed by atoms with Crippen molar-refractivity contribution in [2.75, 3.05) is 98.8 Å². The Labute approximate surface area is 396 Å². The number of nitrogens with zero attached hydrogens (tertiary/aromatic N) is 5. The highest BCUT2D eigenvalue weighted by Gasteiger charge is 2.17. The van der Waals surface area contributed by atoms with Gasteiger partial charge in [0.25, 0.3) is 11.9 Å². The van der Waals surface area contributed by atoms with Gasteiger partial charge in [0.2, 0.25) is 0 Å². The first-order chi connectivity index (χ1) is 29.9. The number of benzene rings is 5. The Bertz CT molecular complexity index is 2420. The molecule has 1 aromatic heterocycles. The van der Waals surface area contributed by atoms with Gasteiger partial charge in [-0.15, -0.1) is 0 Å². The van der Waals surface area contributed by atoms with Gasteiger partial charge in [0, 0.05) is 81.8 Å². The third-order valence-corrected chi connectivity index (χ3v) is 12.2. The van der Waals surface area contributed by atoms with Crippen LogP contribution in [-0.2, 0) is 4.79 Å². The average molecular weight is 978 g/mol. The standard InChI is InChI=1S/C18H20Cl2N4O.C18H18Cl2N4.C6H6Cl2N2.C2H4O2/c1-23-6-8-24(9-7-23)13-4-2-12(3-5-13)18(25)22-17-11-15(20)14(19)10-16(17)21;1-23-6-8-24(9-7-23)13-4-2-12(3-5-13)18-21-16-10-14(19)15(20)11-17(16)22-18;7-3-1-5(9)6(10)2-4(3)8;1-2(3)4/h2-5,10-11H,6-9,21H2,1H3,(H,22,25);2-5,10-11H,6-9H2,1H3,(H,21,22);1-2H,9-10H2;1H3,(H,3,4). The van der Waals surface area contributed by atoms with Crippen molar-refractivity contribution in [1.82, 2.24) is 19.8 Å². The second-order valence-electron chi connectivity index (χ2n) is 14.8. The minimum Gasteiger partial charge on any atom is -0.481 e. The van der Waals surface area contributed by atoms with E-state index >= 15 is 0 Å². The molecule has 0 spiro atoms. The number of carbonyl (C=O) groups excluding carboxylic acids is 1. The average Bonchev–Trinajstić information content (AvgIpc) is 3.65. The van der Waals surface area contributed by atoms with Crippen LogP contribution in [0.4, 0.5) is 34.1 Å². The molecule has 13 nitrogen and oxygen atoms in total. The number of hydrogen-bond donors (Lipinski definition) is 6.